The van der Waals surface area contributed by atoms with Gasteiger partial charge in [-0.25, -0.2) is 0 Å². The van der Waals surface area contributed by atoms with E-state index < -0.39 is 0 Å². The molecule has 3 aromatic heterocycles. The number of benzene rings is 6. The number of aromatic nitrogens is 3. The summed E-state index contributed by atoms with van der Waals surface area (Å²) in [7, 11) is 0. The van der Waals surface area contributed by atoms with Crippen LogP contribution < -0.4 is 0 Å². The molecule has 0 unspecified atom stereocenters. The second-order valence-corrected chi connectivity index (χ2v) is 13.6. The molecule has 0 aliphatic heterocycles. The van der Waals surface area contributed by atoms with E-state index in [1.807, 2.05) is 70.1 Å². The van der Waals surface area contributed by atoms with Crippen LogP contribution in [-0.4, -0.2) is 34.4 Å². The van der Waals surface area contributed by atoms with Gasteiger partial charge in [-0.15, -0.1) is 0 Å². The summed E-state index contributed by atoms with van der Waals surface area (Å²) in [5.74, 6) is 0. The zero-order chi connectivity index (χ0) is 42.1. The SMILES string of the molecule is C=C/C=C\C.C=CN=C.CC=NCC.c1cc(-c2ccncc2)cc(-c2ccc3ccc4c(-c5cc(-c6ccncc6)cc(-c6ccncc6)c5)ccc5ccc2c3c54)c1. The van der Waals surface area contributed by atoms with Gasteiger partial charge in [0.05, 0.1) is 0 Å². The van der Waals surface area contributed by atoms with E-state index in [1.165, 1.54) is 71.9 Å². The van der Waals surface area contributed by atoms with Gasteiger partial charge in [0.15, 0.2) is 0 Å². The highest BCUT2D eigenvalue weighted by atomic mass is 14.7. The quantitative estimate of drug-likeness (QED) is 0.0876. The van der Waals surface area contributed by atoms with Crippen LogP contribution in [0.3, 0.4) is 0 Å². The molecule has 9 rings (SSSR count). The molecule has 0 spiro atoms. The molecule has 0 atom stereocenters. The molecule has 0 radical (unpaired) electrons. The summed E-state index contributed by atoms with van der Waals surface area (Å²) in [6, 6.07) is 46.4. The lowest BCUT2D eigenvalue weighted by Crippen LogP contribution is -1.91. The Labute approximate surface area is 354 Å². The Morgan fingerprint density at radius 1 is 0.500 bits per heavy atom. The third kappa shape index (κ3) is 9.90. The zero-order valence-electron chi connectivity index (χ0n) is 34.5. The van der Waals surface area contributed by atoms with Crippen LogP contribution in [-0.2, 0) is 0 Å². The van der Waals surface area contributed by atoms with Gasteiger partial charge in [-0.3, -0.25) is 24.9 Å². The first-order valence-corrected chi connectivity index (χ1v) is 20.0. The average Bonchev–Trinajstić information content (AvgIpc) is 3.32. The van der Waals surface area contributed by atoms with Gasteiger partial charge in [0, 0.05) is 49.9 Å². The summed E-state index contributed by atoms with van der Waals surface area (Å²) >= 11 is 0. The second-order valence-electron chi connectivity index (χ2n) is 13.6. The van der Waals surface area contributed by atoms with E-state index >= 15 is 0 Å². The van der Waals surface area contributed by atoms with E-state index in [0.717, 1.165) is 28.8 Å². The molecule has 9 aromatic rings. The summed E-state index contributed by atoms with van der Waals surface area (Å²) in [5.41, 5.74) is 11.8. The Balaban J connectivity index is 0.000000377. The lowest BCUT2D eigenvalue weighted by atomic mass is 9.86. The van der Waals surface area contributed by atoms with Gasteiger partial charge >= 0.3 is 0 Å². The van der Waals surface area contributed by atoms with Crippen LogP contribution in [0.25, 0.3) is 88.0 Å². The van der Waals surface area contributed by atoms with Crippen LogP contribution in [0.15, 0.2) is 212 Å². The molecule has 60 heavy (non-hydrogen) atoms. The van der Waals surface area contributed by atoms with E-state index in [-0.39, 0.29) is 0 Å². The van der Waals surface area contributed by atoms with Crippen molar-refractivity contribution in [3.63, 3.8) is 0 Å². The van der Waals surface area contributed by atoms with Gasteiger partial charge in [-0.2, -0.15) is 0 Å². The van der Waals surface area contributed by atoms with Gasteiger partial charge in [0.2, 0.25) is 0 Å². The standard InChI is InChI=1S/C43H27N3.C5H8.C4H9N.C3H5N/c1-2-33(28-12-18-44-19-13-28)24-34(3-1)38-8-4-31-7-11-41-39(9-5-32-6-10-40(38)42(31)43(32)41)37-26-35(29-14-20-45-21-15-29)25-36(27-37)30-16-22-46-23-17-30;2*1-3-5-4-2;1-3-4-2/h1-27H;3-5H,1H2,2H3;3H,4H2,1-2H3;3H,1-2H2/b;5-4-;;. The summed E-state index contributed by atoms with van der Waals surface area (Å²) in [5, 5.41) is 7.64. The molecule has 0 aliphatic rings. The maximum atomic E-state index is 4.26. The summed E-state index contributed by atoms with van der Waals surface area (Å²) < 4.78 is 0. The minimum absolute atomic E-state index is 0.913. The highest BCUT2D eigenvalue weighted by Gasteiger charge is 2.16. The molecule has 0 aliphatic carbocycles. The topological polar surface area (TPSA) is 63.4 Å². The fourth-order valence-corrected chi connectivity index (χ4v) is 7.24. The number of nitrogens with zero attached hydrogens (tertiary/aromatic N) is 5. The highest BCUT2D eigenvalue weighted by molar-refractivity contribution is 6.27. The Bertz CT molecular complexity index is 2800. The number of allylic oxidation sites excluding steroid dienone is 3. The van der Waals surface area contributed by atoms with Crippen molar-refractivity contribution < 1.29 is 0 Å². The molecule has 3 heterocycles. The van der Waals surface area contributed by atoms with Gasteiger partial charge in [-0.05, 0) is 182 Å². The monoisotopic (exact) mass is 779 g/mol. The lowest BCUT2D eigenvalue weighted by Gasteiger charge is -2.18. The highest BCUT2D eigenvalue weighted by Crippen LogP contribution is 2.44. The summed E-state index contributed by atoms with van der Waals surface area (Å²) in [4.78, 5) is 19.8. The third-order valence-corrected chi connectivity index (χ3v) is 9.95. The van der Waals surface area contributed by atoms with E-state index in [4.69, 9.17) is 0 Å². The largest absolute Gasteiger partial charge is 0.298 e. The number of aliphatic imine (C=N–C) groups is 2. The predicted octanol–water partition coefficient (Wildman–Crippen LogP) is 14.8. The van der Waals surface area contributed by atoms with Crippen molar-refractivity contribution in [3.05, 3.63) is 202 Å². The van der Waals surface area contributed by atoms with Crippen LogP contribution >= 0.6 is 0 Å². The van der Waals surface area contributed by atoms with Crippen molar-refractivity contribution in [1.29, 1.82) is 0 Å². The maximum absolute atomic E-state index is 4.26. The first kappa shape index (κ1) is 42.0. The zero-order valence-corrected chi connectivity index (χ0v) is 34.5. The minimum atomic E-state index is 0.913. The minimum Gasteiger partial charge on any atom is -0.298 e. The van der Waals surface area contributed by atoms with Crippen molar-refractivity contribution in [2.24, 2.45) is 9.98 Å². The van der Waals surface area contributed by atoms with Gasteiger partial charge in [0.1, 0.15) is 0 Å². The fraction of sp³-hybridized carbons (Fsp3) is 0.0727. The van der Waals surface area contributed by atoms with Crippen molar-refractivity contribution in [2.45, 2.75) is 20.8 Å². The number of hydrogen-bond donors (Lipinski definition) is 0. The summed E-state index contributed by atoms with van der Waals surface area (Å²) in [6.45, 7) is 16.6. The molecule has 0 fully saturated rings. The smallest absolute Gasteiger partial charge is 0.0356 e. The Hall–Kier alpha value is -7.63. The molecule has 6 aromatic carbocycles. The van der Waals surface area contributed by atoms with Gasteiger partial charge in [0.25, 0.3) is 0 Å². The van der Waals surface area contributed by atoms with Crippen molar-refractivity contribution in [1.82, 2.24) is 15.0 Å². The van der Waals surface area contributed by atoms with E-state index in [2.05, 4.69) is 172 Å². The second kappa shape index (κ2) is 21.2. The molecule has 294 valence electrons. The molecule has 0 saturated carbocycles. The van der Waals surface area contributed by atoms with Gasteiger partial charge < -0.3 is 0 Å². The van der Waals surface area contributed by atoms with Crippen molar-refractivity contribution >= 4 is 45.2 Å². The first-order chi connectivity index (χ1) is 29.5. The normalized spacial score (nSPS) is 10.7. The molecule has 5 heteroatoms. The molecular weight excluding hydrogens is 731 g/mol. The predicted molar refractivity (Wildman–Crippen MR) is 260 cm³/mol. The number of rotatable bonds is 8. The van der Waals surface area contributed by atoms with E-state index in [1.54, 1.807) is 12.3 Å². The summed E-state index contributed by atoms with van der Waals surface area (Å²) in [6.07, 6.45) is 19.9. The van der Waals surface area contributed by atoms with Crippen molar-refractivity contribution in [3.8, 4) is 55.6 Å². The molecule has 0 amide bonds. The molecule has 5 nitrogen and oxygen atoms in total. The molecule has 0 N–H and O–H groups in total. The maximum Gasteiger partial charge on any atom is 0.0356 e. The van der Waals surface area contributed by atoms with Crippen LogP contribution in [0.1, 0.15) is 20.8 Å². The first-order valence-electron chi connectivity index (χ1n) is 20.0. The van der Waals surface area contributed by atoms with Gasteiger partial charge in [-0.1, -0.05) is 98.1 Å². The molecular formula is C55H49N5. The van der Waals surface area contributed by atoms with E-state index in [0.29, 0.717) is 0 Å². The van der Waals surface area contributed by atoms with Crippen LogP contribution in [0.4, 0.5) is 0 Å². The van der Waals surface area contributed by atoms with Crippen LogP contribution in [0.2, 0.25) is 0 Å². The Morgan fingerprint density at radius 2 is 0.917 bits per heavy atom. The average molecular weight is 780 g/mol. The third-order valence-electron chi connectivity index (χ3n) is 9.95. The Morgan fingerprint density at radius 3 is 1.32 bits per heavy atom. The fourth-order valence-electron chi connectivity index (χ4n) is 7.24. The van der Waals surface area contributed by atoms with E-state index in [9.17, 15) is 0 Å². The molecule has 0 bridgehead atoms. The Kier molecular flexibility index (Phi) is 14.9. The number of pyridine rings is 3. The van der Waals surface area contributed by atoms with Crippen molar-refractivity contribution in [2.75, 3.05) is 6.54 Å². The van der Waals surface area contributed by atoms with Crippen LogP contribution in [0.5, 0.6) is 0 Å². The molecule has 0 saturated heterocycles. The van der Waals surface area contributed by atoms with Crippen LogP contribution in [0, 0.1) is 0 Å². The number of hydrogen-bond acceptors (Lipinski definition) is 5. The lowest BCUT2D eigenvalue weighted by molar-refractivity contribution is 1.14.